The molecular weight excluding hydrogens is 247 g/mol. The highest BCUT2D eigenvalue weighted by Gasteiger charge is 2.19. The Morgan fingerprint density at radius 1 is 1.28 bits per heavy atom. The zero-order valence-corrected chi connectivity index (χ0v) is 11.3. The number of hydrogen-bond acceptors (Lipinski definition) is 3. The third-order valence-electron chi connectivity index (χ3n) is 3.69. The van der Waals surface area contributed by atoms with E-state index in [-0.39, 0.29) is 5.82 Å². The number of benzene rings is 1. The Balaban J connectivity index is 1.74. The predicted octanol–water partition coefficient (Wildman–Crippen LogP) is 4.43. The van der Waals surface area contributed by atoms with Crippen LogP contribution in [0.15, 0.2) is 18.2 Å². The Morgan fingerprint density at radius 3 is 2.83 bits per heavy atom. The lowest BCUT2D eigenvalue weighted by Crippen LogP contribution is -2.24. The summed E-state index contributed by atoms with van der Waals surface area (Å²) in [5.74, 6) is 0.664. The summed E-state index contributed by atoms with van der Waals surface area (Å²) in [6.07, 6.45) is 5.01. The minimum Gasteiger partial charge on any atom is -0.359 e. The summed E-state index contributed by atoms with van der Waals surface area (Å²) in [5.41, 5.74) is 0.882. The highest BCUT2D eigenvalue weighted by atomic mass is 32.1. The first-order chi connectivity index (χ1) is 8.70. The molecule has 1 fully saturated rings. The lowest BCUT2D eigenvalue weighted by atomic mass is 9.87. The van der Waals surface area contributed by atoms with Crippen LogP contribution in [-0.2, 0) is 0 Å². The molecule has 1 aliphatic rings. The zero-order valence-electron chi connectivity index (χ0n) is 10.4. The highest BCUT2D eigenvalue weighted by molar-refractivity contribution is 7.22. The molecule has 96 valence electrons. The zero-order chi connectivity index (χ0) is 12.5. The lowest BCUT2D eigenvalue weighted by Gasteiger charge is -2.26. The van der Waals surface area contributed by atoms with E-state index in [0.717, 1.165) is 21.3 Å². The van der Waals surface area contributed by atoms with Crippen molar-refractivity contribution >= 4 is 26.7 Å². The number of fused-ring (bicyclic) bond motifs is 1. The van der Waals surface area contributed by atoms with E-state index in [1.807, 2.05) is 0 Å². The van der Waals surface area contributed by atoms with Crippen LogP contribution >= 0.6 is 11.3 Å². The minimum absolute atomic E-state index is 0.191. The summed E-state index contributed by atoms with van der Waals surface area (Å²) >= 11 is 1.54. The lowest BCUT2D eigenvalue weighted by molar-refractivity contribution is 0.361. The molecule has 1 N–H and O–H groups in total. The molecule has 0 unspecified atom stereocenters. The number of rotatable bonds is 2. The maximum Gasteiger partial charge on any atom is 0.184 e. The van der Waals surface area contributed by atoms with Crippen molar-refractivity contribution in [1.82, 2.24) is 4.98 Å². The molecule has 18 heavy (non-hydrogen) atoms. The van der Waals surface area contributed by atoms with Gasteiger partial charge in [-0.2, -0.15) is 0 Å². The number of nitrogens with zero attached hydrogens (tertiary/aromatic N) is 1. The van der Waals surface area contributed by atoms with E-state index < -0.39 is 0 Å². The Kier molecular flexibility index (Phi) is 3.20. The van der Waals surface area contributed by atoms with Crippen LogP contribution in [0.1, 0.15) is 32.6 Å². The first-order valence-corrected chi connectivity index (χ1v) is 7.35. The van der Waals surface area contributed by atoms with E-state index >= 15 is 0 Å². The number of anilines is 1. The standard InChI is InChI=1S/C14H17FN2S/c1-9-2-5-11(6-3-9)16-14-17-12-7-4-10(15)8-13(12)18-14/h4,7-9,11H,2-3,5-6H2,1H3,(H,16,17). The summed E-state index contributed by atoms with van der Waals surface area (Å²) in [6.45, 7) is 2.32. The number of thiazole rings is 1. The Bertz CT molecular complexity index is 544. The van der Waals surface area contributed by atoms with Crippen LogP contribution in [0.4, 0.5) is 9.52 Å². The normalized spacial score (nSPS) is 24.3. The van der Waals surface area contributed by atoms with Gasteiger partial charge in [-0.15, -0.1) is 0 Å². The van der Waals surface area contributed by atoms with Crippen molar-refractivity contribution in [3.05, 3.63) is 24.0 Å². The van der Waals surface area contributed by atoms with Crippen LogP contribution in [0.2, 0.25) is 0 Å². The second-order valence-electron chi connectivity index (χ2n) is 5.23. The molecule has 3 rings (SSSR count). The highest BCUT2D eigenvalue weighted by Crippen LogP contribution is 2.30. The molecule has 0 aliphatic heterocycles. The summed E-state index contributed by atoms with van der Waals surface area (Å²) < 4.78 is 14.0. The third kappa shape index (κ3) is 2.48. The van der Waals surface area contributed by atoms with Crippen molar-refractivity contribution < 1.29 is 4.39 Å². The van der Waals surface area contributed by atoms with Crippen LogP contribution < -0.4 is 5.32 Å². The molecule has 1 aliphatic carbocycles. The molecule has 4 heteroatoms. The van der Waals surface area contributed by atoms with Gasteiger partial charge in [0.05, 0.1) is 10.2 Å². The van der Waals surface area contributed by atoms with Gasteiger partial charge in [0.1, 0.15) is 5.82 Å². The first-order valence-electron chi connectivity index (χ1n) is 6.53. The van der Waals surface area contributed by atoms with Crippen molar-refractivity contribution in [3.8, 4) is 0 Å². The fourth-order valence-corrected chi connectivity index (χ4v) is 3.51. The summed E-state index contributed by atoms with van der Waals surface area (Å²) in [5, 5.41) is 4.42. The van der Waals surface area contributed by atoms with Crippen LogP contribution in [0.25, 0.3) is 10.2 Å². The van der Waals surface area contributed by atoms with E-state index in [1.54, 1.807) is 23.5 Å². The summed E-state index contributed by atoms with van der Waals surface area (Å²) in [4.78, 5) is 4.51. The van der Waals surface area contributed by atoms with Crippen molar-refractivity contribution in [3.63, 3.8) is 0 Å². The maximum atomic E-state index is 13.1. The van der Waals surface area contributed by atoms with Gasteiger partial charge >= 0.3 is 0 Å². The fraction of sp³-hybridized carbons (Fsp3) is 0.500. The quantitative estimate of drug-likeness (QED) is 0.868. The van der Waals surface area contributed by atoms with Gasteiger partial charge in [-0.25, -0.2) is 9.37 Å². The largest absolute Gasteiger partial charge is 0.359 e. The third-order valence-corrected chi connectivity index (χ3v) is 4.64. The summed E-state index contributed by atoms with van der Waals surface area (Å²) in [6, 6.07) is 5.30. The molecule has 2 aromatic rings. The molecule has 1 saturated carbocycles. The molecule has 0 radical (unpaired) electrons. The van der Waals surface area contributed by atoms with Gasteiger partial charge in [0.15, 0.2) is 5.13 Å². The van der Waals surface area contributed by atoms with Gasteiger partial charge in [0, 0.05) is 6.04 Å². The molecule has 0 bridgehead atoms. The monoisotopic (exact) mass is 264 g/mol. The van der Waals surface area contributed by atoms with Gasteiger partial charge in [-0.1, -0.05) is 18.3 Å². The second-order valence-corrected chi connectivity index (χ2v) is 6.26. The van der Waals surface area contributed by atoms with E-state index in [1.165, 1.54) is 31.7 Å². The summed E-state index contributed by atoms with van der Waals surface area (Å²) in [7, 11) is 0. The number of nitrogens with one attached hydrogen (secondary N) is 1. The van der Waals surface area contributed by atoms with Crippen molar-refractivity contribution in [2.24, 2.45) is 5.92 Å². The van der Waals surface area contributed by atoms with Crippen molar-refractivity contribution in [2.45, 2.75) is 38.6 Å². The Labute approximate surface area is 110 Å². The molecule has 1 aromatic heterocycles. The van der Waals surface area contributed by atoms with Gasteiger partial charge < -0.3 is 5.32 Å². The maximum absolute atomic E-state index is 13.1. The topological polar surface area (TPSA) is 24.9 Å². The molecule has 1 heterocycles. The van der Waals surface area contributed by atoms with Crippen molar-refractivity contribution in [2.75, 3.05) is 5.32 Å². The molecule has 1 aromatic carbocycles. The van der Waals surface area contributed by atoms with Crippen molar-refractivity contribution in [1.29, 1.82) is 0 Å². The number of hydrogen-bond donors (Lipinski definition) is 1. The van der Waals surface area contributed by atoms with Crippen LogP contribution in [0.5, 0.6) is 0 Å². The van der Waals surface area contributed by atoms with E-state index in [4.69, 9.17) is 0 Å². The molecule has 0 atom stereocenters. The van der Waals surface area contributed by atoms with E-state index in [0.29, 0.717) is 6.04 Å². The average molecular weight is 264 g/mol. The molecule has 0 amide bonds. The van der Waals surface area contributed by atoms with Crippen LogP contribution in [-0.4, -0.2) is 11.0 Å². The first kappa shape index (κ1) is 11.9. The predicted molar refractivity (Wildman–Crippen MR) is 74.6 cm³/mol. The van der Waals surface area contributed by atoms with E-state index in [2.05, 4.69) is 17.2 Å². The van der Waals surface area contributed by atoms with Gasteiger partial charge in [-0.3, -0.25) is 0 Å². The fourth-order valence-electron chi connectivity index (χ4n) is 2.54. The molecular formula is C14H17FN2S. The van der Waals surface area contributed by atoms with Gasteiger partial charge in [-0.05, 0) is 49.8 Å². The Hall–Kier alpha value is -1.16. The van der Waals surface area contributed by atoms with Gasteiger partial charge in [0.25, 0.3) is 0 Å². The SMILES string of the molecule is CC1CCC(Nc2nc3ccc(F)cc3s2)CC1. The number of aromatic nitrogens is 1. The Morgan fingerprint density at radius 2 is 2.06 bits per heavy atom. The molecule has 0 saturated heterocycles. The van der Waals surface area contributed by atoms with Crippen LogP contribution in [0, 0.1) is 11.7 Å². The average Bonchev–Trinajstić information content (AvgIpc) is 2.73. The van der Waals surface area contributed by atoms with Gasteiger partial charge in [0.2, 0.25) is 0 Å². The molecule has 2 nitrogen and oxygen atoms in total. The van der Waals surface area contributed by atoms with Crippen LogP contribution in [0.3, 0.4) is 0 Å². The number of halogens is 1. The van der Waals surface area contributed by atoms with E-state index in [9.17, 15) is 4.39 Å². The second kappa shape index (κ2) is 4.84. The molecule has 0 spiro atoms. The minimum atomic E-state index is -0.191. The smallest absolute Gasteiger partial charge is 0.184 e.